The van der Waals surface area contributed by atoms with Gasteiger partial charge in [-0.3, -0.25) is 0 Å². The van der Waals surface area contributed by atoms with Gasteiger partial charge in [-0.15, -0.1) is 0 Å². The number of hydrogen-bond donors (Lipinski definition) is 0. The van der Waals surface area contributed by atoms with Gasteiger partial charge in [-0.25, -0.2) is 9.59 Å². The smallest absolute Gasteiger partial charge is 0.338 e. The van der Waals surface area contributed by atoms with Crippen LogP contribution in [0.4, 0.5) is 0 Å². The third-order valence-corrected chi connectivity index (χ3v) is 3.88. The topological polar surface area (TPSA) is 61.8 Å². The van der Waals surface area contributed by atoms with Gasteiger partial charge in [-0.2, -0.15) is 0 Å². The van der Waals surface area contributed by atoms with Crippen molar-refractivity contribution in [2.45, 2.75) is 39.5 Å². The predicted molar refractivity (Wildman–Crippen MR) is 103 cm³/mol. The minimum Gasteiger partial charge on any atom is -0.462 e. The summed E-state index contributed by atoms with van der Waals surface area (Å²) in [6.07, 6.45) is 3.68. The maximum atomic E-state index is 11.9. The van der Waals surface area contributed by atoms with Crippen LogP contribution in [0.5, 0.6) is 11.5 Å². The van der Waals surface area contributed by atoms with Crippen LogP contribution in [0.25, 0.3) is 0 Å². The minimum absolute atomic E-state index is 0.332. The highest BCUT2D eigenvalue weighted by atomic mass is 16.5. The van der Waals surface area contributed by atoms with Crippen molar-refractivity contribution >= 4 is 11.9 Å². The van der Waals surface area contributed by atoms with E-state index >= 15 is 0 Å². The predicted octanol–water partition coefficient (Wildman–Crippen LogP) is 5.39. The molecule has 0 spiro atoms. The second-order valence-electron chi connectivity index (χ2n) is 6.13. The standard InChI is InChI=1S/C22H26O5/c1-3-5-15-25-21(23)17-7-11-19(12-8-17)27-20-13-9-18(10-14-20)22(24)26-16-6-4-2/h7-14H,3-6,15-16H2,1-2H3. The monoisotopic (exact) mass is 370 g/mol. The molecular weight excluding hydrogens is 344 g/mol. The highest BCUT2D eigenvalue weighted by molar-refractivity contribution is 5.90. The number of rotatable bonds is 10. The molecule has 0 aliphatic carbocycles. The summed E-state index contributed by atoms with van der Waals surface area (Å²) in [6, 6.07) is 13.5. The number of ether oxygens (including phenoxy) is 3. The lowest BCUT2D eigenvalue weighted by atomic mass is 10.2. The fraction of sp³-hybridized carbons (Fsp3) is 0.364. The van der Waals surface area contributed by atoms with Gasteiger partial charge in [0.2, 0.25) is 0 Å². The molecule has 2 rings (SSSR count). The van der Waals surface area contributed by atoms with E-state index in [1.54, 1.807) is 48.5 Å². The van der Waals surface area contributed by atoms with Crippen LogP contribution in [0.3, 0.4) is 0 Å². The summed E-state index contributed by atoms with van der Waals surface area (Å²) in [4.78, 5) is 23.8. The molecule has 0 unspecified atom stereocenters. The summed E-state index contributed by atoms with van der Waals surface area (Å²) in [5, 5.41) is 0. The number of carbonyl (C=O) groups excluding carboxylic acids is 2. The maximum absolute atomic E-state index is 11.9. The van der Waals surface area contributed by atoms with Crippen LogP contribution in [0.15, 0.2) is 48.5 Å². The van der Waals surface area contributed by atoms with E-state index in [1.807, 2.05) is 13.8 Å². The van der Waals surface area contributed by atoms with Gasteiger partial charge in [0, 0.05) is 0 Å². The zero-order valence-corrected chi connectivity index (χ0v) is 15.9. The van der Waals surface area contributed by atoms with Gasteiger partial charge >= 0.3 is 11.9 Å². The zero-order chi connectivity index (χ0) is 19.5. The number of hydrogen-bond acceptors (Lipinski definition) is 5. The van der Waals surface area contributed by atoms with E-state index < -0.39 is 0 Å². The zero-order valence-electron chi connectivity index (χ0n) is 15.9. The van der Waals surface area contributed by atoms with Crippen LogP contribution in [-0.4, -0.2) is 25.2 Å². The molecule has 0 amide bonds. The van der Waals surface area contributed by atoms with E-state index in [2.05, 4.69) is 0 Å². The van der Waals surface area contributed by atoms with Crippen molar-refractivity contribution in [3.63, 3.8) is 0 Å². The second-order valence-corrected chi connectivity index (χ2v) is 6.13. The number of unbranched alkanes of at least 4 members (excludes halogenated alkanes) is 2. The molecule has 2 aromatic carbocycles. The quantitative estimate of drug-likeness (QED) is 0.414. The number of benzene rings is 2. The highest BCUT2D eigenvalue weighted by Gasteiger charge is 2.09. The fourth-order valence-corrected chi connectivity index (χ4v) is 2.24. The Kier molecular flexibility index (Phi) is 8.36. The molecule has 2 aromatic rings. The molecule has 0 aromatic heterocycles. The van der Waals surface area contributed by atoms with E-state index in [9.17, 15) is 9.59 Å². The van der Waals surface area contributed by atoms with Crippen LogP contribution in [0, 0.1) is 0 Å². The summed E-state index contributed by atoms with van der Waals surface area (Å²) < 4.78 is 16.1. The first kappa shape index (κ1) is 20.5. The molecule has 0 aliphatic rings. The van der Waals surface area contributed by atoms with E-state index in [4.69, 9.17) is 14.2 Å². The molecule has 0 fully saturated rings. The van der Waals surface area contributed by atoms with Crippen molar-refractivity contribution in [1.29, 1.82) is 0 Å². The molecule has 0 radical (unpaired) electrons. The van der Waals surface area contributed by atoms with Crippen LogP contribution in [-0.2, 0) is 9.47 Å². The lowest BCUT2D eigenvalue weighted by Crippen LogP contribution is -2.06. The normalized spacial score (nSPS) is 10.3. The Balaban J connectivity index is 1.89. The van der Waals surface area contributed by atoms with Crippen molar-refractivity contribution in [2.24, 2.45) is 0 Å². The molecule has 0 saturated carbocycles. The van der Waals surface area contributed by atoms with Crippen LogP contribution in [0.1, 0.15) is 60.2 Å². The van der Waals surface area contributed by atoms with Gasteiger partial charge in [0.15, 0.2) is 0 Å². The Morgan fingerprint density at radius 1 is 0.667 bits per heavy atom. The highest BCUT2D eigenvalue weighted by Crippen LogP contribution is 2.22. The Morgan fingerprint density at radius 2 is 1.04 bits per heavy atom. The first-order chi connectivity index (χ1) is 13.1. The van der Waals surface area contributed by atoms with Gasteiger partial charge in [0.1, 0.15) is 11.5 Å². The first-order valence-electron chi connectivity index (χ1n) is 9.36. The van der Waals surface area contributed by atoms with Crippen molar-refractivity contribution in [3.8, 4) is 11.5 Å². The average molecular weight is 370 g/mol. The average Bonchev–Trinajstić information content (AvgIpc) is 2.69. The minimum atomic E-state index is -0.332. The van der Waals surface area contributed by atoms with Gasteiger partial charge in [-0.05, 0) is 61.4 Å². The molecule has 0 bridgehead atoms. The Hall–Kier alpha value is -2.82. The number of carbonyl (C=O) groups is 2. The summed E-state index contributed by atoms with van der Waals surface area (Å²) in [7, 11) is 0. The summed E-state index contributed by atoms with van der Waals surface area (Å²) in [6.45, 7) is 4.95. The first-order valence-corrected chi connectivity index (χ1v) is 9.36. The van der Waals surface area contributed by atoms with Gasteiger partial charge in [-0.1, -0.05) is 26.7 Å². The van der Waals surface area contributed by atoms with Crippen molar-refractivity contribution in [2.75, 3.05) is 13.2 Å². The lowest BCUT2D eigenvalue weighted by Gasteiger charge is -2.08. The summed E-state index contributed by atoms with van der Waals surface area (Å²) in [5.74, 6) is 0.527. The maximum Gasteiger partial charge on any atom is 0.338 e. The van der Waals surface area contributed by atoms with Gasteiger partial charge < -0.3 is 14.2 Å². The third kappa shape index (κ3) is 6.77. The molecule has 0 saturated heterocycles. The van der Waals surface area contributed by atoms with Crippen LogP contribution >= 0.6 is 0 Å². The van der Waals surface area contributed by atoms with E-state index in [1.165, 1.54) is 0 Å². The molecule has 0 atom stereocenters. The Labute approximate surface area is 160 Å². The molecular formula is C22H26O5. The van der Waals surface area contributed by atoms with Crippen molar-refractivity contribution in [1.82, 2.24) is 0 Å². The molecule has 144 valence electrons. The molecule has 0 heterocycles. The SMILES string of the molecule is CCCCOC(=O)c1ccc(Oc2ccc(C(=O)OCCCC)cc2)cc1. The van der Waals surface area contributed by atoms with Crippen molar-refractivity contribution < 1.29 is 23.8 Å². The fourth-order valence-electron chi connectivity index (χ4n) is 2.24. The molecule has 5 nitrogen and oxygen atoms in total. The van der Waals surface area contributed by atoms with Crippen LogP contribution < -0.4 is 4.74 Å². The molecule has 0 N–H and O–H groups in total. The summed E-state index contributed by atoms with van der Waals surface area (Å²) >= 11 is 0. The molecule has 0 aliphatic heterocycles. The Bertz CT molecular complexity index is 656. The Morgan fingerprint density at radius 3 is 1.37 bits per heavy atom. The molecule has 5 heteroatoms. The number of esters is 2. The van der Waals surface area contributed by atoms with Crippen LogP contribution in [0.2, 0.25) is 0 Å². The second kappa shape index (κ2) is 11.0. The molecule has 27 heavy (non-hydrogen) atoms. The largest absolute Gasteiger partial charge is 0.462 e. The van der Waals surface area contributed by atoms with E-state index in [0.29, 0.717) is 35.8 Å². The van der Waals surface area contributed by atoms with Gasteiger partial charge in [0.25, 0.3) is 0 Å². The van der Waals surface area contributed by atoms with E-state index in [0.717, 1.165) is 25.7 Å². The van der Waals surface area contributed by atoms with Gasteiger partial charge in [0.05, 0.1) is 24.3 Å². The van der Waals surface area contributed by atoms with Crippen molar-refractivity contribution in [3.05, 3.63) is 59.7 Å². The van der Waals surface area contributed by atoms with E-state index in [-0.39, 0.29) is 11.9 Å². The third-order valence-electron chi connectivity index (χ3n) is 3.88. The lowest BCUT2D eigenvalue weighted by molar-refractivity contribution is 0.0490. The summed E-state index contributed by atoms with van der Waals surface area (Å²) in [5.41, 5.74) is 0.979.